The molecule has 0 radical (unpaired) electrons. The van der Waals surface area contributed by atoms with Crippen LogP contribution in [0.2, 0.25) is 0 Å². The second-order valence-corrected chi connectivity index (χ2v) is 4.47. The molecule has 0 bridgehead atoms. The van der Waals surface area contributed by atoms with Gasteiger partial charge in [0.15, 0.2) is 5.65 Å². The van der Waals surface area contributed by atoms with Crippen LogP contribution >= 0.6 is 0 Å². The van der Waals surface area contributed by atoms with Gasteiger partial charge in [0, 0.05) is 18.0 Å². The number of nitrogens with two attached hydrogens (primary N) is 1. The lowest BCUT2D eigenvalue weighted by atomic mass is 10.2. The van der Waals surface area contributed by atoms with Crippen molar-refractivity contribution in [3.05, 3.63) is 47.9 Å². The summed E-state index contributed by atoms with van der Waals surface area (Å²) in [5.74, 6) is 0.785. The van der Waals surface area contributed by atoms with Crippen LogP contribution < -0.4 is 11.1 Å². The van der Waals surface area contributed by atoms with Crippen molar-refractivity contribution in [2.24, 2.45) is 5.73 Å². The zero-order chi connectivity index (χ0) is 15.7. The highest BCUT2D eigenvalue weighted by molar-refractivity contribution is 5.56. The number of nitrogens with zero attached hydrogens (tertiary/aromatic N) is 4. The van der Waals surface area contributed by atoms with E-state index in [9.17, 15) is 13.2 Å². The Bertz CT molecular complexity index is 794. The van der Waals surface area contributed by atoms with E-state index in [1.807, 2.05) is 0 Å². The summed E-state index contributed by atoms with van der Waals surface area (Å²) in [6.45, 7) is 0.195. The number of alkyl halides is 3. The van der Waals surface area contributed by atoms with E-state index in [4.69, 9.17) is 5.73 Å². The maximum absolute atomic E-state index is 12.5. The second-order valence-electron chi connectivity index (χ2n) is 4.47. The molecule has 0 fully saturated rings. The minimum atomic E-state index is -4.36. The molecule has 0 saturated heterocycles. The number of anilines is 2. The van der Waals surface area contributed by atoms with E-state index in [0.29, 0.717) is 17.2 Å². The van der Waals surface area contributed by atoms with Gasteiger partial charge in [-0.05, 0) is 24.3 Å². The third-order valence-corrected chi connectivity index (χ3v) is 2.97. The molecule has 3 rings (SSSR count). The molecule has 0 amide bonds. The zero-order valence-electron chi connectivity index (χ0n) is 11.2. The topological polar surface area (TPSA) is 81.1 Å². The standard InChI is InChI=1S/C13H11F3N6/c14-13(15,16)8-1-3-9(4-2-8)19-12-20-10-5-6-18-11(7-17)22(10)21-12/h1-6H,7,17H2,(H,19,21). The van der Waals surface area contributed by atoms with Crippen molar-refractivity contribution in [1.29, 1.82) is 0 Å². The van der Waals surface area contributed by atoms with Gasteiger partial charge < -0.3 is 11.1 Å². The van der Waals surface area contributed by atoms with Crippen LogP contribution in [0.5, 0.6) is 0 Å². The highest BCUT2D eigenvalue weighted by Crippen LogP contribution is 2.30. The Balaban J connectivity index is 1.87. The lowest BCUT2D eigenvalue weighted by Gasteiger charge is -2.07. The fourth-order valence-electron chi connectivity index (χ4n) is 1.93. The van der Waals surface area contributed by atoms with Crippen LogP contribution in [0.15, 0.2) is 36.5 Å². The molecule has 1 aromatic carbocycles. The number of hydrogen-bond acceptors (Lipinski definition) is 5. The minimum Gasteiger partial charge on any atom is -0.324 e. The summed E-state index contributed by atoms with van der Waals surface area (Å²) >= 11 is 0. The fraction of sp³-hybridized carbons (Fsp3) is 0.154. The summed E-state index contributed by atoms with van der Waals surface area (Å²) < 4.78 is 39.0. The molecule has 6 nitrogen and oxygen atoms in total. The van der Waals surface area contributed by atoms with Crippen molar-refractivity contribution in [1.82, 2.24) is 19.6 Å². The number of hydrogen-bond donors (Lipinski definition) is 2. The zero-order valence-corrected chi connectivity index (χ0v) is 11.2. The molecule has 2 heterocycles. The predicted octanol–water partition coefficient (Wildman–Crippen LogP) is 2.35. The Hall–Kier alpha value is -2.68. The number of rotatable bonds is 3. The summed E-state index contributed by atoms with van der Waals surface area (Å²) in [6, 6.07) is 6.27. The van der Waals surface area contributed by atoms with Crippen LogP contribution in [0.25, 0.3) is 5.65 Å². The van der Waals surface area contributed by atoms with E-state index in [1.165, 1.54) is 16.6 Å². The monoisotopic (exact) mass is 308 g/mol. The van der Waals surface area contributed by atoms with Crippen molar-refractivity contribution in [2.45, 2.75) is 12.7 Å². The summed E-state index contributed by atoms with van der Waals surface area (Å²) in [7, 11) is 0. The van der Waals surface area contributed by atoms with Crippen molar-refractivity contribution in [3.63, 3.8) is 0 Å². The van der Waals surface area contributed by atoms with Gasteiger partial charge in [-0.15, -0.1) is 5.10 Å². The van der Waals surface area contributed by atoms with Crippen LogP contribution in [-0.2, 0) is 12.7 Å². The first kappa shape index (κ1) is 14.3. The van der Waals surface area contributed by atoms with Gasteiger partial charge in [0.2, 0.25) is 5.95 Å². The molecule has 0 unspecified atom stereocenters. The van der Waals surface area contributed by atoms with Gasteiger partial charge in [-0.25, -0.2) is 4.98 Å². The molecule has 0 aliphatic rings. The van der Waals surface area contributed by atoms with Crippen LogP contribution in [-0.4, -0.2) is 19.6 Å². The Morgan fingerprint density at radius 3 is 2.50 bits per heavy atom. The normalized spacial score (nSPS) is 11.8. The molecular weight excluding hydrogens is 297 g/mol. The lowest BCUT2D eigenvalue weighted by molar-refractivity contribution is -0.137. The SMILES string of the molecule is NCc1nccc2nc(Nc3ccc(C(F)(F)F)cc3)nn12. The smallest absolute Gasteiger partial charge is 0.324 e. The van der Waals surface area contributed by atoms with E-state index in [0.717, 1.165) is 12.1 Å². The van der Waals surface area contributed by atoms with E-state index in [-0.39, 0.29) is 12.5 Å². The molecule has 0 aliphatic heterocycles. The van der Waals surface area contributed by atoms with Crippen LogP contribution in [0, 0.1) is 0 Å². The number of fused-ring (bicyclic) bond motifs is 1. The second kappa shape index (κ2) is 5.26. The first-order chi connectivity index (χ1) is 10.5. The van der Waals surface area contributed by atoms with Gasteiger partial charge in [-0.1, -0.05) is 0 Å². The largest absolute Gasteiger partial charge is 0.416 e. The molecule has 0 aliphatic carbocycles. The van der Waals surface area contributed by atoms with Gasteiger partial charge >= 0.3 is 6.18 Å². The summed E-state index contributed by atoms with van der Waals surface area (Å²) in [5.41, 5.74) is 5.84. The molecule has 9 heteroatoms. The number of nitrogens with one attached hydrogen (secondary N) is 1. The Morgan fingerprint density at radius 2 is 1.86 bits per heavy atom. The number of halogens is 3. The maximum Gasteiger partial charge on any atom is 0.416 e. The number of benzene rings is 1. The van der Waals surface area contributed by atoms with Gasteiger partial charge in [0.05, 0.1) is 12.1 Å². The van der Waals surface area contributed by atoms with Crippen molar-refractivity contribution in [2.75, 3.05) is 5.32 Å². The third kappa shape index (κ3) is 2.70. The van der Waals surface area contributed by atoms with Crippen LogP contribution in [0.1, 0.15) is 11.4 Å². The molecule has 0 atom stereocenters. The number of aromatic nitrogens is 4. The average molecular weight is 308 g/mol. The highest BCUT2D eigenvalue weighted by atomic mass is 19.4. The Kier molecular flexibility index (Phi) is 3.41. The molecule has 2 aromatic heterocycles. The minimum absolute atomic E-state index is 0.195. The van der Waals surface area contributed by atoms with Gasteiger partial charge in [0.25, 0.3) is 0 Å². The predicted molar refractivity (Wildman–Crippen MR) is 73.4 cm³/mol. The Labute approximate surface area is 122 Å². The van der Waals surface area contributed by atoms with Gasteiger partial charge in [-0.2, -0.15) is 22.7 Å². The van der Waals surface area contributed by atoms with E-state index in [2.05, 4.69) is 20.4 Å². The maximum atomic E-state index is 12.5. The van der Waals surface area contributed by atoms with Crippen molar-refractivity contribution < 1.29 is 13.2 Å². The molecule has 0 saturated carbocycles. The highest BCUT2D eigenvalue weighted by Gasteiger charge is 2.29. The Morgan fingerprint density at radius 1 is 1.14 bits per heavy atom. The van der Waals surface area contributed by atoms with E-state index in [1.54, 1.807) is 12.3 Å². The molecule has 0 spiro atoms. The lowest BCUT2D eigenvalue weighted by Crippen LogP contribution is -2.07. The van der Waals surface area contributed by atoms with Crippen LogP contribution in [0.3, 0.4) is 0 Å². The first-order valence-corrected chi connectivity index (χ1v) is 6.32. The average Bonchev–Trinajstić information content (AvgIpc) is 2.89. The molecule has 3 aromatic rings. The third-order valence-electron chi connectivity index (χ3n) is 2.97. The summed E-state index contributed by atoms with van der Waals surface area (Å²) in [5, 5.41) is 7.02. The van der Waals surface area contributed by atoms with E-state index < -0.39 is 11.7 Å². The summed E-state index contributed by atoms with van der Waals surface area (Å²) in [6.07, 6.45) is -2.80. The van der Waals surface area contributed by atoms with Crippen molar-refractivity contribution in [3.8, 4) is 0 Å². The molecule has 3 N–H and O–H groups in total. The van der Waals surface area contributed by atoms with Crippen LogP contribution in [0.4, 0.5) is 24.8 Å². The molecular formula is C13H11F3N6. The fourth-order valence-corrected chi connectivity index (χ4v) is 1.93. The van der Waals surface area contributed by atoms with Gasteiger partial charge in [-0.3, -0.25) is 0 Å². The quantitative estimate of drug-likeness (QED) is 0.776. The van der Waals surface area contributed by atoms with E-state index >= 15 is 0 Å². The molecule has 114 valence electrons. The van der Waals surface area contributed by atoms with Gasteiger partial charge in [0.1, 0.15) is 5.82 Å². The summed E-state index contributed by atoms with van der Waals surface area (Å²) in [4.78, 5) is 8.28. The first-order valence-electron chi connectivity index (χ1n) is 6.32. The van der Waals surface area contributed by atoms with Crippen molar-refractivity contribution >= 4 is 17.3 Å². The molecule has 22 heavy (non-hydrogen) atoms.